The zero-order valence-corrected chi connectivity index (χ0v) is 7.29. The van der Waals surface area contributed by atoms with E-state index in [2.05, 4.69) is 0 Å². The van der Waals surface area contributed by atoms with Gasteiger partial charge < -0.3 is 14.2 Å². The summed E-state index contributed by atoms with van der Waals surface area (Å²) in [6.07, 6.45) is 3.50. The molecule has 5 nitrogen and oxygen atoms in total. The molecule has 0 aromatic heterocycles. The van der Waals surface area contributed by atoms with E-state index in [-0.39, 0.29) is 12.3 Å². The van der Waals surface area contributed by atoms with E-state index in [1.54, 1.807) is 17.2 Å². The average Bonchev–Trinajstić information content (AvgIpc) is 2.02. The molecule has 0 spiro atoms. The molecule has 70 valence electrons. The number of ether oxygens (including phenoxy) is 1. The third kappa shape index (κ3) is 3.70. The van der Waals surface area contributed by atoms with Gasteiger partial charge in [-0.3, -0.25) is 0 Å². The maximum atomic E-state index is 10.2. The Hall–Kier alpha value is -0.590. The fourth-order valence-corrected chi connectivity index (χ4v) is 1.30. The van der Waals surface area contributed by atoms with Crippen molar-refractivity contribution in [2.45, 2.75) is 0 Å². The van der Waals surface area contributed by atoms with Gasteiger partial charge in [-0.15, -0.1) is 0 Å². The van der Waals surface area contributed by atoms with E-state index in [0.29, 0.717) is 13.3 Å². The quantitative estimate of drug-likeness (QED) is 0.555. The number of hydrogen-bond acceptors (Lipinski definition) is 5. The van der Waals surface area contributed by atoms with E-state index in [0.717, 1.165) is 0 Å². The summed E-state index contributed by atoms with van der Waals surface area (Å²) in [6.45, 7) is 1.09. The predicted molar refractivity (Wildman–Crippen MR) is 41.2 cm³/mol. The van der Waals surface area contributed by atoms with Crippen LogP contribution in [0.4, 0.5) is 0 Å². The second-order valence-electron chi connectivity index (χ2n) is 2.46. The maximum absolute atomic E-state index is 10.2. The van der Waals surface area contributed by atoms with E-state index in [9.17, 15) is 13.0 Å². The highest BCUT2D eigenvalue weighted by Gasteiger charge is 2.04. The van der Waals surface area contributed by atoms with Gasteiger partial charge in [-0.05, 0) is 12.3 Å². The van der Waals surface area contributed by atoms with Crippen LogP contribution >= 0.6 is 0 Å². The third-order valence-corrected chi connectivity index (χ3v) is 2.10. The Labute approximate surface area is 71.4 Å². The van der Waals surface area contributed by atoms with Crippen LogP contribution in [0.15, 0.2) is 12.3 Å². The van der Waals surface area contributed by atoms with Gasteiger partial charge in [0, 0.05) is 6.54 Å². The van der Waals surface area contributed by atoms with Gasteiger partial charge in [0.25, 0.3) is 0 Å². The fraction of sp³-hybridized carbons (Fsp3) is 0.667. The molecule has 0 radical (unpaired) electrons. The monoisotopic (exact) mass is 192 g/mol. The highest BCUT2D eigenvalue weighted by atomic mass is 32.2. The number of hydrogen-bond donors (Lipinski definition) is 0. The Kier molecular flexibility index (Phi) is 3.07. The summed E-state index contributed by atoms with van der Waals surface area (Å²) >= 11 is 0. The first-order valence-corrected chi connectivity index (χ1v) is 5.08. The summed E-state index contributed by atoms with van der Waals surface area (Å²) < 4.78 is 35.7. The van der Waals surface area contributed by atoms with Crippen LogP contribution in [0.2, 0.25) is 0 Å². The van der Waals surface area contributed by atoms with Crippen molar-refractivity contribution in [3.8, 4) is 0 Å². The molecule has 6 heteroatoms. The van der Waals surface area contributed by atoms with Gasteiger partial charge in [0.05, 0.1) is 22.5 Å². The molecule has 0 aromatic carbocycles. The summed E-state index contributed by atoms with van der Waals surface area (Å²) in [5.74, 6) is -0.374. The van der Waals surface area contributed by atoms with Gasteiger partial charge in [-0.1, -0.05) is 0 Å². The minimum absolute atomic E-state index is 0.197. The maximum Gasteiger partial charge on any atom is 0.118 e. The summed E-state index contributed by atoms with van der Waals surface area (Å²) in [5.41, 5.74) is 0. The zero-order valence-electron chi connectivity index (χ0n) is 6.47. The van der Waals surface area contributed by atoms with Crippen LogP contribution in [0.1, 0.15) is 0 Å². The molecule has 0 aliphatic carbocycles. The normalized spacial score (nSPS) is 18.2. The Morgan fingerprint density at radius 3 is 2.83 bits per heavy atom. The van der Waals surface area contributed by atoms with Crippen molar-refractivity contribution in [3.63, 3.8) is 0 Å². The third-order valence-electron chi connectivity index (χ3n) is 1.42. The van der Waals surface area contributed by atoms with Crippen LogP contribution < -0.4 is 0 Å². The first-order valence-electron chi connectivity index (χ1n) is 3.50. The van der Waals surface area contributed by atoms with Crippen LogP contribution in [0.3, 0.4) is 0 Å². The molecule has 0 N–H and O–H groups in total. The molecule has 1 rings (SSSR count). The standard InChI is InChI=1S/C6H11NO4S/c8-12(9,10)5-3-7-2-1-4-11-6-7/h1-2H,3-6H2,(H,8,9,10)/p-1. The minimum atomic E-state index is -4.10. The molecular formula is C6H10NO4S-. The molecule has 0 amide bonds. The molecule has 1 aliphatic heterocycles. The largest absolute Gasteiger partial charge is 0.748 e. The lowest BCUT2D eigenvalue weighted by atomic mass is 10.5. The fourth-order valence-electron chi connectivity index (χ4n) is 0.841. The molecule has 0 atom stereocenters. The van der Waals surface area contributed by atoms with Crippen LogP contribution in [0.25, 0.3) is 0 Å². The molecule has 1 heterocycles. The van der Waals surface area contributed by atoms with Gasteiger partial charge in [-0.2, -0.15) is 0 Å². The molecule has 1 aliphatic rings. The molecule has 0 bridgehead atoms. The van der Waals surface area contributed by atoms with Crippen LogP contribution in [-0.2, 0) is 14.9 Å². The van der Waals surface area contributed by atoms with Crippen LogP contribution in [-0.4, -0.2) is 43.5 Å². The lowest BCUT2D eigenvalue weighted by Gasteiger charge is -2.23. The molecule has 0 fully saturated rings. The smallest absolute Gasteiger partial charge is 0.118 e. The SMILES string of the molecule is O=S(=O)([O-])CCN1C=CCOC1. The number of rotatable bonds is 3. The average molecular weight is 192 g/mol. The van der Waals surface area contributed by atoms with Crippen LogP contribution in [0, 0.1) is 0 Å². The van der Waals surface area contributed by atoms with E-state index < -0.39 is 10.1 Å². The Balaban J connectivity index is 2.32. The highest BCUT2D eigenvalue weighted by Crippen LogP contribution is 1.98. The Bertz CT molecular complexity index is 259. The van der Waals surface area contributed by atoms with Crippen LogP contribution in [0.5, 0.6) is 0 Å². The summed E-state index contributed by atoms with van der Waals surface area (Å²) in [4.78, 5) is 1.64. The Morgan fingerprint density at radius 1 is 1.58 bits per heavy atom. The van der Waals surface area contributed by atoms with Gasteiger partial charge in [0.2, 0.25) is 0 Å². The lowest BCUT2D eigenvalue weighted by molar-refractivity contribution is 0.0602. The highest BCUT2D eigenvalue weighted by molar-refractivity contribution is 7.85. The van der Waals surface area contributed by atoms with E-state index in [1.807, 2.05) is 0 Å². The molecule has 0 saturated carbocycles. The first-order chi connectivity index (χ1) is 5.58. The summed E-state index contributed by atoms with van der Waals surface area (Å²) in [6, 6.07) is 0. The second-order valence-corrected chi connectivity index (χ2v) is 3.98. The molecule has 0 saturated heterocycles. The van der Waals surface area contributed by atoms with Gasteiger partial charge in [-0.25, -0.2) is 8.42 Å². The topological polar surface area (TPSA) is 69.7 Å². The van der Waals surface area contributed by atoms with Crippen molar-refractivity contribution in [2.24, 2.45) is 0 Å². The molecular weight excluding hydrogens is 182 g/mol. The van der Waals surface area contributed by atoms with Gasteiger partial charge in [0.15, 0.2) is 0 Å². The van der Waals surface area contributed by atoms with E-state index in [1.165, 1.54) is 0 Å². The van der Waals surface area contributed by atoms with Crippen molar-refractivity contribution >= 4 is 10.1 Å². The molecule has 12 heavy (non-hydrogen) atoms. The number of nitrogens with zero attached hydrogens (tertiary/aromatic N) is 1. The molecule has 0 unspecified atom stereocenters. The van der Waals surface area contributed by atoms with Crippen molar-refractivity contribution in [3.05, 3.63) is 12.3 Å². The van der Waals surface area contributed by atoms with Crippen molar-refractivity contribution < 1.29 is 17.7 Å². The summed E-state index contributed by atoms with van der Waals surface area (Å²) in [5, 5.41) is 0. The lowest BCUT2D eigenvalue weighted by Crippen LogP contribution is -2.29. The zero-order chi connectivity index (χ0) is 9.03. The van der Waals surface area contributed by atoms with E-state index >= 15 is 0 Å². The first kappa shape index (κ1) is 9.50. The van der Waals surface area contributed by atoms with Gasteiger partial charge >= 0.3 is 0 Å². The minimum Gasteiger partial charge on any atom is -0.748 e. The molecule has 0 aromatic rings. The predicted octanol–water partition coefficient (Wildman–Crippen LogP) is -0.665. The van der Waals surface area contributed by atoms with Gasteiger partial charge in [0.1, 0.15) is 6.73 Å². The Morgan fingerprint density at radius 2 is 2.33 bits per heavy atom. The summed E-state index contributed by atoms with van der Waals surface area (Å²) in [7, 11) is -4.10. The van der Waals surface area contributed by atoms with Crippen molar-refractivity contribution in [1.29, 1.82) is 0 Å². The van der Waals surface area contributed by atoms with E-state index in [4.69, 9.17) is 4.74 Å². The second kappa shape index (κ2) is 3.88. The van der Waals surface area contributed by atoms with Crippen molar-refractivity contribution in [2.75, 3.05) is 25.6 Å². The van der Waals surface area contributed by atoms with Crippen molar-refractivity contribution in [1.82, 2.24) is 4.90 Å².